The molecule has 1 fully saturated rings. The summed E-state index contributed by atoms with van der Waals surface area (Å²) < 4.78 is 2.19. The Kier molecular flexibility index (Phi) is 6.97. The third kappa shape index (κ3) is 4.49. The molecule has 1 aliphatic rings. The number of amides is 2. The molecule has 2 aromatic carbocycles. The monoisotopic (exact) mass is 565 g/mol. The maximum Gasteiger partial charge on any atom is 0.314 e. The molecule has 1 aliphatic heterocycles. The SMILES string of the molecule is Cc1c(-c2cn(C3CCN(C(N)=O)CC3)c3ncnc(N)c23)ccc2[c-]cc(-c3ccccc3)nc12.[Y]. The number of nitrogen functional groups attached to an aromatic ring is 1. The van der Waals surface area contributed by atoms with Gasteiger partial charge in [-0.25, -0.2) is 14.8 Å². The molecule has 2 amide bonds. The first kappa shape index (κ1) is 25.3. The summed E-state index contributed by atoms with van der Waals surface area (Å²) in [5.74, 6) is 0.445. The standard InChI is InChI=1S/C28H26N7O.Y/c1-17-21(9-7-19-8-10-23(33-25(17)19)18-5-3-2-4-6-18)22-15-35(27-24(22)26(29)31-16-32-27)20-11-13-34(14-12-20)28(30)36;/h2-7,9-10,15-16,20H,11-14H2,1H3,(H2,30,36)(H2,29,31,32);/q-1;. The minimum atomic E-state index is -0.371. The Morgan fingerprint density at radius 2 is 1.81 bits per heavy atom. The van der Waals surface area contributed by atoms with Crippen molar-refractivity contribution in [3.05, 3.63) is 72.7 Å². The van der Waals surface area contributed by atoms with E-state index in [1.165, 1.54) is 6.33 Å². The van der Waals surface area contributed by atoms with E-state index in [0.29, 0.717) is 18.9 Å². The maximum absolute atomic E-state index is 11.6. The van der Waals surface area contributed by atoms with Crippen LogP contribution in [0.2, 0.25) is 0 Å². The van der Waals surface area contributed by atoms with Gasteiger partial charge in [-0.05, 0) is 42.1 Å². The molecule has 0 atom stereocenters. The van der Waals surface area contributed by atoms with Crippen LogP contribution >= 0.6 is 0 Å². The average molecular weight is 565 g/mol. The first-order valence-corrected chi connectivity index (χ1v) is 12.0. The van der Waals surface area contributed by atoms with Crippen LogP contribution in [-0.4, -0.2) is 43.5 Å². The van der Waals surface area contributed by atoms with Crippen LogP contribution in [-0.2, 0) is 32.7 Å². The molecular weight excluding hydrogens is 539 g/mol. The number of primary amides is 1. The van der Waals surface area contributed by atoms with Gasteiger partial charge in [0.25, 0.3) is 0 Å². The fraction of sp³-hybridized carbons (Fsp3) is 0.214. The predicted molar refractivity (Wildman–Crippen MR) is 141 cm³/mol. The van der Waals surface area contributed by atoms with Crippen molar-refractivity contribution in [2.24, 2.45) is 5.73 Å². The van der Waals surface area contributed by atoms with Crippen molar-refractivity contribution in [1.29, 1.82) is 0 Å². The van der Waals surface area contributed by atoms with Gasteiger partial charge in [-0.3, -0.25) is 0 Å². The van der Waals surface area contributed by atoms with Crippen LogP contribution in [0.1, 0.15) is 24.4 Å². The zero-order chi connectivity index (χ0) is 24.8. The largest absolute Gasteiger partial charge is 0.383 e. The molecule has 0 unspecified atom stereocenters. The normalized spacial score (nSPS) is 14.1. The molecule has 4 heterocycles. The second-order valence-electron chi connectivity index (χ2n) is 9.25. The molecule has 9 heteroatoms. The van der Waals surface area contributed by atoms with Crippen LogP contribution in [0.5, 0.6) is 0 Å². The molecule has 0 saturated carbocycles. The molecule has 8 nitrogen and oxygen atoms in total. The number of fused-ring (bicyclic) bond motifs is 2. The number of rotatable bonds is 3. The van der Waals surface area contributed by atoms with Crippen LogP contribution in [0, 0.1) is 13.0 Å². The van der Waals surface area contributed by atoms with Crippen molar-refractivity contribution in [3.8, 4) is 22.4 Å². The number of aryl methyl sites for hydroxylation is 1. The summed E-state index contributed by atoms with van der Waals surface area (Å²) in [6.45, 7) is 3.32. The van der Waals surface area contributed by atoms with Gasteiger partial charge in [-0.2, -0.15) is 0 Å². The van der Waals surface area contributed by atoms with Crippen LogP contribution in [0.3, 0.4) is 0 Å². The van der Waals surface area contributed by atoms with Gasteiger partial charge < -0.3 is 25.9 Å². The van der Waals surface area contributed by atoms with E-state index in [2.05, 4.69) is 51.9 Å². The van der Waals surface area contributed by atoms with Gasteiger partial charge in [0, 0.05) is 63.6 Å². The predicted octanol–water partition coefficient (Wildman–Crippen LogP) is 4.72. The van der Waals surface area contributed by atoms with Crippen molar-refractivity contribution < 1.29 is 37.5 Å². The number of anilines is 1. The van der Waals surface area contributed by atoms with Gasteiger partial charge in [0.1, 0.15) is 17.8 Å². The summed E-state index contributed by atoms with van der Waals surface area (Å²) in [7, 11) is 0. The summed E-state index contributed by atoms with van der Waals surface area (Å²) in [5.41, 5.74) is 18.6. The zero-order valence-corrected chi connectivity index (χ0v) is 23.4. The van der Waals surface area contributed by atoms with E-state index in [9.17, 15) is 4.79 Å². The van der Waals surface area contributed by atoms with Crippen LogP contribution in [0.15, 0.2) is 61.1 Å². The number of pyridine rings is 1. The number of carbonyl (C=O) groups is 1. The molecule has 0 aliphatic carbocycles. The number of nitrogens with zero attached hydrogens (tertiary/aromatic N) is 5. The van der Waals surface area contributed by atoms with Crippen molar-refractivity contribution >= 4 is 33.8 Å². The van der Waals surface area contributed by atoms with Gasteiger partial charge in [0.2, 0.25) is 0 Å². The number of piperidine rings is 1. The second-order valence-corrected chi connectivity index (χ2v) is 9.25. The molecule has 1 saturated heterocycles. The van der Waals surface area contributed by atoms with Crippen molar-refractivity contribution in [1.82, 2.24) is 24.4 Å². The van der Waals surface area contributed by atoms with Gasteiger partial charge in [-0.15, -0.1) is 23.6 Å². The first-order chi connectivity index (χ1) is 17.5. The van der Waals surface area contributed by atoms with E-state index in [4.69, 9.17) is 16.5 Å². The van der Waals surface area contributed by atoms with Crippen LogP contribution in [0.4, 0.5) is 10.6 Å². The van der Waals surface area contributed by atoms with E-state index in [1.807, 2.05) is 30.3 Å². The van der Waals surface area contributed by atoms with Crippen molar-refractivity contribution in [3.63, 3.8) is 0 Å². The number of nitrogens with two attached hydrogens (primary N) is 2. The third-order valence-corrected chi connectivity index (χ3v) is 7.20. The van der Waals surface area contributed by atoms with E-state index >= 15 is 0 Å². The molecule has 0 bridgehead atoms. The summed E-state index contributed by atoms with van der Waals surface area (Å²) in [5, 5.41) is 1.79. The van der Waals surface area contributed by atoms with Gasteiger partial charge >= 0.3 is 6.03 Å². The number of urea groups is 1. The fourth-order valence-electron chi connectivity index (χ4n) is 5.26. The molecule has 0 spiro atoms. The summed E-state index contributed by atoms with van der Waals surface area (Å²) in [6, 6.07) is 19.4. The Morgan fingerprint density at radius 1 is 1.05 bits per heavy atom. The first-order valence-electron chi connectivity index (χ1n) is 12.0. The summed E-state index contributed by atoms with van der Waals surface area (Å²) in [6.07, 6.45) is 5.22. The Hall–Kier alpha value is -3.36. The van der Waals surface area contributed by atoms with E-state index < -0.39 is 0 Å². The number of benzene rings is 2. The third-order valence-electron chi connectivity index (χ3n) is 7.20. The Balaban J connectivity index is 0.00000280. The van der Waals surface area contributed by atoms with Crippen molar-refractivity contribution in [2.45, 2.75) is 25.8 Å². The van der Waals surface area contributed by atoms with Gasteiger partial charge in [-0.1, -0.05) is 42.0 Å². The minimum Gasteiger partial charge on any atom is -0.383 e. The number of hydrogen-bond acceptors (Lipinski definition) is 5. The van der Waals surface area contributed by atoms with Gasteiger partial charge in [0.05, 0.1) is 5.39 Å². The maximum atomic E-state index is 11.6. The molecule has 3 aromatic heterocycles. The average Bonchev–Trinajstić information content (AvgIpc) is 3.30. The van der Waals surface area contributed by atoms with E-state index in [1.54, 1.807) is 4.90 Å². The molecular formula is C28H26N7OY-. The summed E-state index contributed by atoms with van der Waals surface area (Å²) in [4.78, 5) is 27.2. The molecule has 6 rings (SSSR count). The molecule has 1 radical (unpaired) electrons. The fourth-order valence-corrected chi connectivity index (χ4v) is 5.26. The molecule has 5 aromatic rings. The molecule has 183 valence electrons. The van der Waals surface area contributed by atoms with Gasteiger partial charge in [0.15, 0.2) is 0 Å². The quantitative estimate of drug-likeness (QED) is 0.307. The number of carbonyl (C=O) groups excluding carboxylic acids is 1. The Morgan fingerprint density at radius 3 is 2.54 bits per heavy atom. The summed E-state index contributed by atoms with van der Waals surface area (Å²) >= 11 is 0. The Bertz CT molecular complexity index is 1610. The zero-order valence-electron chi connectivity index (χ0n) is 20.6. The van der Waals surface area contributed by atoms with E-state index in [-0.39, 0.29) is 44.8 Å². The van der Waals surface area contributed by atoms with Crippen molar-refractivity contribution in [2.75, 3.05) is 18.8 Å². The smallest absolute Gasteiger partial charge is 0.314 e. The van der Waals surface area contributed by atoms with E-state index in [0.717, 1.165) is 62.7 Å². The number of hydrogen-bond donors (Lipinski definition) is 2. The topological polar surface area (TPSA) is 116 Å². The Labute approximate surface area is 240 Å². The number of likely N-dealkylation sites (tertiary alicyclic amines) is 1. The molecule has 4 N–H and O–H groups in total. The minimum absolute atomic E-state index is 0. The number of aromatic nitrogens is 4. The second kappa shape index (κ2) is 10.2. The van der Waals surface area contributed by atoms with Crippen LogP contribution < -0.4 is 11.5 Å². The molecule has 37 heavy (non-hydrogen) atoms. The van der Waals surface area contributed by atoms with Crippen LogP contribution in [0.25, 0.3) is 44.3 Å².